The fraction of sp³-hybridized carbons (Fsp3) is 0.400. The van der Waals surface area contributed by atoms with Crippen molar-refractivity contribution in [3.63, 3.8) is 0 Å². The Labute approximate surface area is 80.3 Å². The molecular formula is C5H3ClF3NO2S. The number of thioether (sulfide) groups is 1. The van der Waals surface area contributed by atoms with Gasteiger partial charge < -0.3 is 5.11 Å². The van der Waals surface area contributed by atoms with Gasteiger partial charge in [0.25, 0.3) is 0 Å². The van der Waals surface area contributed by atoms with E-state index in [-0.39, 0.29) is 5.88 Å². The first-order valence-corrected chi connectivity index (χ1v) is 4.27. The molecule has 0 aromatic heterocycles. The molecule has 0 saturated heterocycles. The van der Waals surface area contributed by atoms with Gasteiger partial charge in [-0.1, -0.05) is 11.8 Å². The molecule has 1 aliphatic rings. The molecule has 0 radical (unpaired) electrons. The van der Waals surface area contributed by atoms with Gasteiger partial charge in [-0.2, -0.15) is 13.2 Å². The highest BCUT2D eigenvalue weighted by molar-refractivity contribution is 8.04. The number of aliphatic carboxylic acids is 1. The number of nitrogens with zero attached hydrogens (tertiary/aromatic N) is 1. The third kappa shape index (κ3) is 2.02. The van der Waals surface area contributed by atoms with Crippen molar-refractivity contribution in [1.29, 1.82) is 0 Å². The molecule has 0 fully saturated rings. The van der Waals surface area contributed by atoms with Gasteiger partial charge in [-0.3, -0.25) is 4.42 Å². The van der Waals surface area contributed by atoms with E-state index < -0.39 is 22.7 Å². The molecule has 13 heavy (non-hydrogen) atoms. The summed E-state index contributed by atoms with van der Waals surface area (Å²) in [5.74, 6) is -1.82. The number of hydrogen-bond acceptors (Lipinski definition) is 3. The van der Waals surface area contributed by atoms with E-state index in [1.165, 1.54) is 0 Å². The highest BCUT2D eigenvalue weighted by Gasteiger charge is 2.45. The van der Waals surface area contributed by atoms with Gasteiger partial charge in [0.05, 0.1) is 5.88 Å². The van der Waals surface area contributed by atoms with E-state index in [0.717, 1.165) is 0 Å². The van der Waals surface area contributed by atoms with E-state index in [1.54, 1.807) is 0 Å². The molecular weight excluding hydrogens is 231 g/mol. The van der Waals surface area contributed by atoms with Crippen LogP contribution in [0.4, 0.5) is 13.2 Å². The third-order valence-electron chi connectivity index (χ3n) is 1.24. The second-order valence-electron chi connectivity index (χ2n) is 2.12. The molecule has 1 heterocycles. The monoisotopic (exact) mass is 233 g/mol. The van der Waals surface area contributed by atoms with Gasteiger partial charge in [-0.15, -0.1) is 0 Å². The number of allylic oxidation sites excluding steroid dienone is 1. The van der Waals surface area contributed by atoms with Crippen molar-refractivity contribution < 1.29 is 23.1 Å². The number of halogens is 4. The van der Waals surface area contributed by atoms with Crippen LogP contribution in [0.1, 0.15) is 0 Å². The van der Waals surface area contributed by atoms with Crippen molar-refractivity contribution in [1.82, 2.24) is 4.42 Å². The van der Waals surface area contributed by atoms with Crippen LogP contribution in [0.3, 0.4) is 0 Å². The molecule has 3 nitrogen and oxygen atoms in total. The summed E-state index contributed by atoms with van der Waals surface area (Å²) in [5.41, 5.74) is -1.30. The maximum Gasteiger partial charge on any atom is 0.433 e. The Morgan fingerprint density at radius 2 is 2.15 bits per heavy atom. The number of carboxylic acids is 1. The molecule has 0 aromatic rings. The van der Waals surface area contributed by atoms with Gasteiger partial charge in [0.2, 0.25) is 0 Å². The molecule has 1 aliphatic heterocycles. The van der Waals surface area contributed by atoms with Crippen molar-refractivity contribution in [2.45, 2.75) is 6.18 Å². The molecule has 0 atom stereocenters. The average Bonchev–Trinajstić information content (AvgIpc) is 2.28. The highest BCUT2D eigenvalue weighted by atomic mass is 35.5. The Kier molecular flexibility index (Phi) is 2.67. The summed E-state index contributed by atoms with van der Waals surface area (Å²) >= 11 is 5.72. The van der Waals surface area contributed by atoms with Crippen molar-refractivity contribution in [2.24, 2.45) is 0 Å². The zero-order chi connectivity index (χ0) is 10.2. The van der Waals surface area contributed by atoms with Gasteiger partial charge in [0.15, 0.2) is 5.70 Å². The van der Waals surface area contributed by atoms with Crippen LogP contribution in [0.25, 0.3) is 0 Å². The van der Waals surface area contributed by atoms with Crippen LogP contribution in [0, 0.1) is 0 Å². The Bertz CT molecular complexity index is 277. The van der Waals surface area contributed by atoms with Gasteiger partial charge >= 0.3 is 12.1 Å². The van der Waals surface area contributed by atoms with E-state index in [2.05, 4.69) is 0 Å². The van der Waals surface area contributed by atoms with Crippen LogP contribution in [0.15, 0.2) is 10.6 Å². The van der Waals surface area contributed by atoms with E-state index in [1.807, 2.05) is 0 Å². The van der Waals surface area contributed by atoms with Gasteiger partial charge in [-0.25, -0.2) is 4.79 Å². The van der Waals surface area contributed by atoms with Crippen molar-refractivity contribution in [3.05, 3.63) is 10.6 Å². The number of carboxylic acid groups (broad SMARTS) is 1. The fourth-order valence-corrected chi connectivity index (χ4v) is 2.03. The van der Waals surface area contributed by atoms with E-state index in [4.69, 9.17) is 16.9 Å². The van der Waals surface area contributed by atoms with Crippen LogP contribution in [-0.4, -0.2) is 27.5 Å². The van der Waals surface area contributed by atoms with Crippen molar-refractivity contribution in [2.75, 3.05) is 5.88 Å². The van der Waals surface area contributed by atoms with Crippen LogP contribution >= 0.6 is 23.5 Å². The number of rotatable bonds is 1. The zero-order valence-corrected chi connectivity index (χ0v) is 7.50. The molecule has 0 unspecified atom stereocenters. The first-order valence-electron chi connectivity index (χ1n) is 2.95. The second-order valence-corrected chi connectivity index (χ2v) is 3.48. The lowest BCUT2D eigenvalue weighted by Crippen LogP contribution is -2.23. The Hall–Kier alpha value is -0.560. The SMILES string of the molecule is O=C(O)C1=C(C(F)(F)F)N(Cl)CS1. The molecule has 0 saturated carbocycles. The summed E-state index contributed by atoms with van der Waals surface area (Å²) in [6.45, 7) is 0. The summed E-state index contributed by atoms with van der Waals surface area (Å²) in [6, 6.07) is 0. The Balaban J connectivity index is 3.11. The maximum absolute atomic E-state index is 12.2. The largest absolute Gasteiger partial charge is 0.477 e. The Morgan fingerprint density at radius 1 is 1.62 bits per heavy atom. The van der Waals surface area contributed by atoms with E-state index >= 15 is 0 Å². The molecule has 0 aliphatic carbocycles. The van der Waals surface area contributed by atoms with E-state index in [9.17, 15) is 18.0 Å². The first-order chi connectivity index (χ1) is 5.84. The smallest absolute Gasteiger partial charge is 0.433 e. The van der Waals surface area contributed by atoms with Crippen molar-refractivity contribution >= 4 is 29.5 Å². The second kappa shape index (κ2) is 3.30. The van der Waals surface area contributed by atoms with Crippen LogP contribution in [0.5, 0.6) is 0 Å². The molecule has 8 heteroatoms. The summed E-state index contributed by atoms with van der Waals surface area (Å²) in [4.78, 5) is 9.58. The molecule has 1 rings (SSSR count). The first kappa shape index (κ1) is 10.5. The minimum Gasteiger partial charge on any atom is -0.477 e. The Morgan fingerprint density at radius 3 is 2.46 bits per heavy atom. The molecule has 0 spiro atoms. The van der Waals surface area contributed by atoms with Crippen LogP contribution in [0.2, 0.25) is 0 Å². The molecule has 0 amide bonds. The lowest BCUT2D eigenvalue weighted by atomic mass is 10.4. The predicted molar refractivity (Wildman–Crippen MR) is 40.9 cm³/mol. The van der Waals surface area contributed by atoms with Gasteiger partial charge in [0.1, 0.15) is 4.91 Å². The summed E-state index contributed by atoms with van der Waals surface area (Å²) in [5, 5.41) is 8.40. The number of hydrogen-bond donors (Lipinski definition) is 1. The summed E-state index contributed by atoms with van der Waals surface area (Å²) in [6.07, 6.45) is -4.72. The zero-order valence-electron chi connectivity index (χ0n) is 5.93. The maximum atomic E-state index is 12.2. The van der Waals surface area contributed by atoms with Gasteiger partial charge in [0, 0.05) is 11.8 Å². The quantitative estimate of drug-likeness (QED) is 0.704. The van der Waals surface area contributed by atoms with E-state index in [0.29, 0.717) is 16.2 Å². The lowest BCUT2D eigenvalue weighted by Gasteiger charge is -2.14. The van der Waals surface area contributed by atoms with Crippen molar-refractivity contribution in [3.8, 4) is 0 Å². The predicted octanol–water partition coefficient (Wildman–Crippen LogP) is 2.01. The molecule has 74 valence electrons. The third-order valence-corrected chi connectivity index (χ3v) is 2.72. The topological polar surface area (TPSA) is 40.5 Å². The average molecular weight is 234 g/mol. The number of alkyl halides is 3. The minimum atomic E-state index is -4.72. The molecule has 0 bridgehead atoms. The summed E-state index contributed by atoms with van der Waals surface area (Å²) in [7, 11) is 0. The molecule has 0 aromatic carbocycles. The lowest BCUT2D eigenvalue weighted by molar-refractivity contribution is -0.133. The highest BCUT2D eigenvalue weighted by Crippen LogP contribution is 2.42. The summed E-state index contributed by atoms with van der Waals surface area (Å²) < 4.78 is 36.8. The molecule has 1 N–H and O–H groups in total. The minimum absolute atomic E-state index is 0.210. The standard InChI is InChI=1S/C5H3ClF3NO2S/c6-10-1-13-2(4(11)12)3(10)5(7,8)9/h1H2,(H,11,12). The van der Waals surface area contributed by atoms with Crippen LogP contribution < -0.4 is 0 Å². The normalized spacial score (nSPS) is 18.3. The fourth-order valence-electron chi connectivity index (χ4n) is 0.794. The van der Waals surface area contributed by atoms with Crippen LogP contribution in [-0.2, 0) is 4.79 Å². The number of carbonyl (C=O) groups is 1. The van der Waals surface area contributed by atoms with Gasteiger partial charge in [-0.05, 0) is 0 Å².